The number of rotatable bonds is 3. The van der Waals surface area contributed by atoms with Gasteiger partial charge >= 0.3 is 0 Å². The Morgan fingerprint density at radius 2 is 1.94 bits per heavy atom. The van der Waals surface area contributed by atoms with Crippen LogP contribution in [0.5, 0.6) is 5.75 Å². The third kappa shape index (κ3) is 3.22. The first kappa shape index (κ1) is 11.4. The van der Waals surface area contributed by atoms with E-state index in [1.807, 2.05) is 12.1 Å². The van der Waals surface area contributed by atoms with Crippen molar-refractivity contribution >= 4 is 0 Å². The van der Waals surface area contributed by atoms with Gasteiger partial charge in [0.15, 0.2) is 0 Å². The van der Waals surface area contributed by atoms with Crippen LogP contribution in [0.1, 0.15) is 31.2 Å². The Kier molecular flexibility index (Phi) is 3.80. The lowest BCUT2D eigenvalue weighted by atomic mass is 9.93. The zero-order valence-electron chi connectivity index (χ0n) is 9.39. The number of hydrogen-bond donors (Lipinski definition) is 3. The van der Waals surface area contributed by atoms with E-state index in [4.69, 9.17) is 5.11 Å². The number of phenols is 1. The second-order valence-electron chi connectivity index (χ2n) is 4.56. The molecule has 1 aliphatic carbocycles. The highest BCUT2D eigenvalue weighted by Gasteiger charge is 2.19. The molecule has 2 rings (SSSR count). The molecule has 1 aromatic carbocycles. The van der Waals surface area contributed by atoms with E-state index in [0.29, 0.717) is 11.8 Å². The van der Waals surface area contributed by atoms with E-state index in [0.717, 1.165) is 37.8 Å². The predicted octanol–water partition coefficient (Wildman–Crippen LogP) is 1.79. The van der Waals surface area contributed by atoms with Gasteiger partial charge in [-0.05, 0) is 43.4 Å². The molecule has 3 N–H and O–H groups in total. The van der Waals surface area contributed by atoms with Gasteiger partial charge in [0.1, 0.15) is 5.75 Å². The maximum atomic E-state index is 9.54. The maximum absolute atomic E-state index is 9.54. The highest BCUT2D eigenvalue weighted by atomic mass is 16.3. The summed E-state index contributed by atoms with van der Waals surface area (Å²) in [6, 6.07) is 7.67. The topological polar surface area (TPSA) is 52.5 Å². The zero-order chi connectivity index (χ0) is 11.4. The van der Waals surface area contributed by atoms with Crippen LogP contribution in [-0.2, 0) is 6.54 Å². The quantitative estimate of drug-likeness (QED) is 0.729. The Labute approximate surface area is 96.1 Å². The summed E-state index contributed by atoms with van der Waals surface area (Å²) in [5.41, 5.74) is 1.16. The Balaban J connectivity index is 1.80. The molecule has 1 aliphatic rings. The standard InChI is InChI=1S/C13H19NO2/c15-12-6-4-10(5-7-12)9-14-11-2-1-3-13(16)8-11/h4-7,11,13-16H,1-3,8-9H2/t11-,13+/m1/s1. The number of hydrogen-bond acceptors (Lipinski definition) is 3. The Morgan fingerprint density at radius 1 is 1.19 bits per heavy atom. The van der Waals surface area contributed by atoms with Crippen molar-refractivity contribution in [2.75, 3.05) is 0 Å². The fourth-order valence-electron chi connectivity index (χ4n) is 2.23. The van der Waals surface area contributed by atoms with Crippen LogP contribution in [0.4, 0.5) is 0 Å². The number of aliphatic hydroxyl groups excluding tert-OH is 1. The monoisotopic (exact) mass is 221 g/mol. The average Bonchev–Trinajstić information content (AvgIpc) is 2.28. The first-order valence-electron chi connectivity index (χ1n) is 5.93. The lowest BCUT2D eigenvalue weighted by molar-refractivity contribution is 0.111. The number of aliphatic hydroxyl groups is 1. The molecule has 0 aliphatic heterocycles. The van der Waals surface area contributed by atoms with E-state index in [9.17, 15) is 5.11 Å². The molecule has 3 nitrogen and oxygen atoms in total. The molecule has 1 aromatic rings. The van der Waals surface area contributed by atoms with Gasteiger partial charge in [-0.3, -0.25) is 0 Å². The van der Waals surface area contributed by atoms with E-state index in [-0.39, 0.29) is 6.10 Å². The predicted molar refractivity (Wildman–Crippen MR) is 63.2 cm³/mol. The Hall–Kier alpha value is -1.06. The minimum Gasteiger partial charge on any atom is -0.508 e. The lowest BCUT2D eigenvalue weighted by Gasteiger charge is -2.26. The minimum absolute atomic E-state index is 0.133. The van der Waals surface area contributed by atoms with Gasteiger partial charge in [-0.2, -0.15) is 0 Å². The van der Waals surface area contributed by atoms with Crippen molar-refractivity contribution in [2.24, 2.45) is 0 Å². The summed E-state index contributed by atoms with van der Waals surface area (Å²) in [4.78, 5) is 0. The van der Waals surface area contributed by atoms with Crippen LogP contribution in [-0.4, -0.2) is 22.4 Å². The SMILES string of the molecule is Oc1ccc(CN[C@@H]2CCC[C@H](O)C2)cc1. The Morgan fingerprint density at radius 3 is 2.62 bits per heavy atom. The second-order valence-corrected chi connectivity index (χ2v) is 4.56. The number of phenolic OH excluding ortho intramolecular Hbond substituents is 1. The van der Waals surface area contributed by atoms with Crippen LogP contribution < -0.4 is 5.32 Å². The molecule has 0 spiro atoms. The highest BCUT2D eigenvalue weighted by Crippen LogP contribution is 2.19. The summed E-state index contributed by atoms with van der Waals surface area (Å²) in [5, 5.41) is 22.1. The molecule has 0 saturated heterocycles. The van der Waals surface area contributed by atoms with E-state index in [1.54, 1.807) is 12.1 Å². The third-order valence-corrected chi connectivity index (χ3v) is 3.18. The zero-order valence-corrected chi connectivity index (χ0v) is 9.39. The fourth-order valence-corrected chi connectivity index (χ4v) is 2.23. The number of aromatic hydroxyl groups is 1. The maximum Gasteiger partial charge on any atom is 0.115 e. The molecule has 1 fully saturated rings. The van der Waals surface area contributed by atoms with Crippen molar-refractivity contribution in [3.63, 3.8) is 0 Å². The first-order valence-corrected chi connectivity index (χ1v) is 5.93. The number of benzene rings is 1. The van der Waals surface area contributed by atoms with Gasteiger partial charge in [0.05, 0.1) is 6.10 Å². The van der Waals surface area contributed by atoms with E-state index < -0.39 is 0 Å². The largest absolute Gasteiger partial charge is 0.508 e. The summed E-state index contributed by atoms with van der Waals surface area (Å²) in [5.74, 6) is 0.303. The molecule has 0 aromatic heterocycles. The van der Waals surface area contributed by atoms with Crippen LogP contribution in [0.2, 0.25) is 0 Å². The van der Waals surface area contributed by atoms with Crippen LogP contribution in [0.15, 0.2) is 24.3 Å². The van der Waals surface area contributed by atoms with Crippen LogP contribution >= 0.6 is 0 Å². The summed E-state index contributed by atoms with van der Waals surface area (Å²) in [7, 11) is 0. The second kappa shape index (κ2) is 5.32. The lowest BCUT2D eigenvalue weighted by Crippen LogP contribution is -2.35. The van der Waals surface area contributed by atoms with Crippen LogP contribution in [0.25, 0.3) is 0 Å². The molecule has 16 heavy (non-hydrogen) atoms. The molecular weight excluding hydrogens is 202 g/mol. The van der Waals surface area contributed by atoms with Gasteiger partial charge in [0.2, 0.25) is 0 Å². The normalized spacial score (nSPS) is 25.6. The molecular formula is C13H19NO2. The third-order valence-electron chi connectivity index (χ3n) is 3.18. The molecule has 0 heterocycles. The van der Waals surface area contributed by atoms with Crippen molar-refractivity contribution in [2.45, 2.75) is 44.4 Å². The van der Waals surface area contributed by atoms with Gasteiger partial charge in [0.25, 0.3) is 0 Å². The van der Waals surface area contributed by atoms with Crippen molar-refractivity contribution in [1.29, 1.82) is 0 Å². The molecule has 0 unspecified atom stereocenters. The Bertz CT molecular complexity index is 323. The van der Waals surface area contributed by atoms with Crippen LogP contribution in [0, 0.1) is 0 Å². The highest BCUT2D eigenvalue weighted by molar-refractivity contribution is 5.25. The first-order chi connectivity index (χ1) is 7.74. The average molecular weight is 221 g/mol. The molecule has 1 saturated carbocycles. The summed E-state index contributed by atoms with van der Waals surface area (Å²) < 4.78 is 0. The minimum atomic E-state index is -0.133. The molecule has 2 atom stereocenters. The summed E-state index contributed by atoms with van der Waals surface area (Å²) in [6.45, 7) is 0.803. The molecule has 0 radical (unpaired) electrons. The van der Waals surface area contributed by atoms with E-state index >= 15 is 0 Å². The van der Waals surface area contributed by atoms with Crippen molar-refractivity contribution in [3.05, 3.63) is 29.8 Å². The molecule has 0 amide bonds. The van der Waals surface area contributed by atoms with Crippen LogP contribution in [0.3, 0.4) is 0 Å². The van der Waals surface area contributed by atoms with Gasteiger partial charge in [-0.1, -0.05) is 12.1 Å². The summed E-state index contributed by atoms with van der Waals surface area (Å²) in [6.07, 6.45) is 3.92. The number of nitrogens with one attached hydrogen (secondary N) is 1. The smallest absolute Gasteiger partial charge is 0.115 e. The molecule has 0 bridgehead atoms. The van der Waals surface area contributed by atoms with Gasteiger partial charge < -0.3 is 15.5 Å². The van der Waals surface area contributed by atoms with Gasteiger partial charge in [-0.25, -0.2) is 0 Å². The summed E-state index contributed by atoms with van der Waals surface area (Å²) >= 11 is 0. The van der Waals surface area contributed by atoms with Crippen molar-refractivity contribution in [3.8, 4) is 5.75 Å². The van der Waals surface area contributed by atoms with E-state index in [1.165, 1.54) is 0 Å². The molecule has 3 heteroatoms. The fraction of sp³-hybridized carbons (Fsp3) is 0.538. The van der Waals surface area contributed by atoms with Gasteiger partial charge in [-0.15, -0.1) is 0 Å². The van der Waals surface area contributed by atoms with Gasteiger partial charge in [0, 0.05) is 12.6 Å². The van der Waals surface area contributed by atoms with Crippen molar-refractivity contribution < 1.29 is 10.2 Å². The van der Waals surface area contributed by atoms with Crippen molar-refractivity contribution in [1.82, 2.24) is 5.32 Å². The molecule has 88 valence electrons. The van der Waals surface area contributed by atoms with E-state index in [2.05, 4.69) is 5.32 Å².